The number of methoxy groups -OCH3 is 1. The van der Waals surface area contributed by atoms with Crippen LogP contribution in [0, 0.1) is 11.8 Å². The maximum atomic E-state index is 13.1. The summed E-state index contributed by atoms with van der Waals surface area (Å²) in [6.07, 6.45) is 4.97. The second kappa shape index (κ2) is 8.20. The zero-order chi connectivity index (χ0) is 18.7. The molecule has 2 saturated carbocycles. The van der Waals surface area contributed by atoms with Gasteiger partial charge >= 0.3 is 6.61 Å². The van der Waals surface area contributed by atoms with Gasteiger partial charge in [-0.25, -0.2) is 0 Å². The number of nitrogens with zero attached hydrogens (tertiary/aromatic N) is 1. The second-order valence-corrected chi connectivity index (χ2v) is 7.09. The number of rotatable bonds is 8. The fourth-order valence-electron chi connectivity index (χ4n) is 3.83. The molecule has 0 spiro atoms. The molecule has 2 fully saturated rings. The van der Waals surface area contributed by atoms with Crippen LogP contribution in [0.4, 0.5) is 8.78 Å². The van der Waals surface area contributed by atoms with Crippen molar-refractivity contribution in [3.05, 3.63) is 23.8 Å². The molecule has 1 aromatic rings. The Morgan fingerprint density at radius 3 is 2.65 bits per heavy atom. The highest BCUT2D eigenvalue weighted by molar-refractivity contribution is 5.80. The molecule has 7 heteroatoms. The smallest absolute Gasteiger partial charge is 0.387 e. The van der Waals surface area contributed by atoms with Crippen LogP contribution >= 0.6 is 0 Å². The predicted molar refractivity (Wildman–Crippen MR) is 93.1 cm³/mol. The van der Waals surface area contributed by atoms with E-state index in [2.05, 4.69) is 4.74 Å². The molecule has 0 radical (unpaired) electrons. The van der Waals surface area contributed by atoms with Gasteiger partial charge in [-0.2, -0.15) is 8.78 Å². The number of ether oxygens (including phenoxy) is 2. The quantitative estimate of drug-likeness (QED) is 0.766. The summed E-state index contributed by atoms with van der Waals surface area (Å²) in [5, 5.41) is 0. The van der Waals surface area contributed by atoms with E-state index in [0.29, 0.717) is 13.1 Å². The van der Waals surface area contributed by atoms with Crippen LogP contribution in [-0.4, -0.2) is 37.1 Å². The molecule has 2 atom stereocenters. The predicted octanol–water partition coefficient (Wildman–Crippen LogP) is 3.16. The summed E-state index contributed by atoms with van der Waals surface area (Å²) >= 11 is 0. The Bertz CT molecular complexity index is 637. The number of hydrogen-bond donors (Lipinski definition) is 1. The standard InChI is InChI=1S/C19H26F2N2O3/c1-25-17-9-12(5-8-16(17)26-19(20)21)11-23(14-6-7-14)18(24)15-4-2-3-13(15)10-22/h5,8-9,13-15,19H,2-4,6-7,10-11,22H2,1H3/t13-,15-/m1/s1. The Morgan fingerprint density at radius 1 is 1.27 bits per heavy atom. The monoisotopic (exact) mass is 368 g/mol. The first-order chi connectivity index (χ1) is 12.5. The van der Waals surface area contributed by atoms with E-state index in [1.807, 2.05) is 4.90 Å². The summed E-state index contributed by atoms with van der Waals surface area (Å²) in [5.41, 5.74) is 6.68. The van der Waals surface area contributed by atoms with Gasteiger partial charge in [-0.1, -0.05) is 12.5 Å². The molecular weight excluding hydrogens is 342 g/mol. The first kappa shape index (κ1) is 18.9. The normalized spacial score (nSPS) is 22.5. The van der Waals surface area contributed by atoms with Crippen LogP contribution in [0.15, 0.2) is 18.2 Å². The lowest BCUT2D eigenvalue weighted by Crippen LogP contribution is -2.40. The molecule has 0 unspecified atom stereocenters. The number of alkyl halides is 2. The van der Waals surface area contributed by atoms with E-state index in [0.717, 1.165) is 37.7 Å². The van der Waals surface area contributed by atoms with Crippen LogP contribution in [0.25, 0.3) is 0 Å². The molecule has 1 aromatic carbocycles. The van der Waals surface area contributed by atoms with Crippen molar-refractivity contribution in [2.24, 2.45) is 17.6 Å². The van der Waals surface area contributed by atoms with Crippen molar-refractivity contribution in [2.45, 2.75) is 51.3 Å². The largest absolute Gasteiger partial charge is 0.493 e. The molecule has 0 aromatic heterocycles. The van der Waals surface area contributed by atoms with Gasteiger partial charge in [0, 0.05) is 18.5 Å². The molecule has 2 N–H and O–H groups in total. The molecule has 0 saturated heterocycles. The zero-order valence-electron chi connectivity index (χ0n) is 15.0. The number of hydrogen-bond acceptors (Lipinski definition) is 4. The summed E-state index contributed by atoms with van der Waals surface area (Å²) in [4.78, 5) is 15.0. The number of nitrogens with two attached hydrogens (primary N) is 1. The van der Waals surface area contributed by atoms with Crippen LogP contribution in [0.2, 0.25) is 0 Å². The number of benzene rings is 1. The van der Waals surface area contributed by atoms with Gasteiger partial charge in [-0.15, -0.1) is 0 Å². The van der Waals surface area contributed by atoms with Gasteiger partial charge in [0.25, 0.3) is 0 Å². The van der Waals surface area contributed by atoms with Crippen molar-refractivity contribution in [3.63, 3.8) is 0 Å². The van der Waals surface area contributed by atoms with Crippen LogP contribution < -0.4 is 15.2 Å². The minimum absolute atomic E-state index is 0.00364. The van der Waals surface area contributed by atoms with Crippen LogP contribution in [-0.2, 0) is 11.3 Å². The Kier molecular flexibility index (Phi) is 5.96. The maximum Gasteiger partial charge on any atom is 0.387 e. The first-order valence-corrected chi connectivity index (χ1v) is 9.15. The molecule has 5 nitrogen and oxygen atoms in total. The van der Waals surface area contributed by atoms with Gasteiger partial charge in [0.2, 0.25) is 5.91 Å². The zero-order valence-corrected chi connectivity index (χ0v) is 15.0. The van der Waals surface area contributed by atoms with Crippen LogP contribution in [0.1, 0.15) is 37.7 Å². The fraction of sp³-hybridized carbons (Fsp3) is 0.632. The van der Waals surface area contributed by atoms with Crippen molar-refractivity contribution in [1.82, 2.24) is 4.90 Å². The average molecular weight is 368 g/mol. The lowest BCUT2D eigenvalue weighted by molar-refractivity contribution is -0.137. The Balaban J connectivity index is 1.75. The van der Waals surface area contributed by atoms with E-state index < -0.39 is 6.61 Å². The molecule has 26 heavy (non-hydrogen) atoms. The molecular formula is C19H26F2N2O3. The van der Waals surface area contributed by atoms with Crippen molar-refractivity contribution in [2.75, 3.05) is 13.7 Å². The van der Waals surface area contributed by atoms with E-state index in [1.54, 1.807) is 12.1 Å². The van der Waals surface area contributed by atoms with E-state index in [-0.39, 0.29) is 35.3 Å². The van der Waals surface area contributed by atoms with E-state index in [1.165, 1.54) is 13.2 Å². The number of amides is 1. The third kappa shape index (κ3) is 4.26. The molecule has 1 amide bonds. The number of carbonyl (C=O) groups excluding carboxylic acids is 1. The minimum Gasteiger partial charge on any atom is -0.493 e. The minimum atomic E-state index is -2.91. The molecule has 2 aliphatic rings. The van der Waals surface area contributed by atoms with Gasteiger partial charge in [0.1, 0.15) is 0 Å². The summed E-state index contributed by atoms with van der Waals surface area (Å²) in [5.74, 6) is 0.678. The van der Waals surface area contributed by atoms with Crippen molar-refractivity contribution < 1.29 is 23.0 Å². The third-order valence-corrected chi connectivity index (χ3v) is 5.35. The van der Waals surface area contributed by atoms with Crippen LogP contribution in [0.5, 0.6) is 11.5 Å². The molecule has 2 aliphatic carbocycles. The Labute approximate surface area is 152 Å². The molecule has 0 heterocycles. The molecule has 0 aliphatic heterocycles. The van der Waals surface area contributed by atoms with Crippen LogP contribution in [0.3, 0.4) is 0 Å². The summed E-state index contributed by atoms with van der Waals surface area (Å²) in [6.45, 7) is -1.92. The molecule has 0 bridgehead atoms. The topological polar surface area (TPSA) is 64.8 Å². The Hall–Kier alpha value is -1.89. The highest BCUT2D eigenvalue weighted by atomic mass is 19.3. The van der Waals surface area contributed by atoms with Crippen molar-refractivity contribution in [3.8, 4) is 11.5 Å². The highest BCUT2D eigenvalue weighted by Gasteiger charge is 2.40. The maximum absolute atomic E-state index is 13.1. The lowest BCUT2D eigenvalue weighted by atomic mass is 9.94. The summed E-state index contributed by atoms with van der Waals surface area (Å²) in [6, 6.07) is 5.10. The number of carbonyl (C=O) groups is 1. The average Bonchev–Trinajstić information content (AvgIpc) is 3.35. The SMILES string of the molecule is COc1cc(CN(C(=O)[C@@H]2CCC[C@@H]2CN)C2CC2)ccc1OC(F)F. The van der Waals surface area contributed by atoms with Gasteiger partial charge in [-0.05, 0) is 55.8 Å². The van der Waals surface area contributed by atoms with Crippen molar-refractivity contribution in [1.29, 1.82) is 0 Å². The lowest BCUT2D eigenvalue weighted by Gasteiger charge is -2.28. The van der Waals surface area contributed by atoms with Gasteiger partial charge in [0.15, 0.2) is 11.5 Å². The molecule has 3 rings (SSSR count). The fourth-order valence-corrected chi connectivity index (χ4v) is 3.83. The van der Waals surface area contributed by atoms with Gasteiger partial charge in [0.05, 0.1) is 7.11 Å². The summed E-state index contributed by atoms with van der Waals surface area (Å²) < 4.78 is 34.6. The first-order valence-electron chi connectivity index (χ1n) is 9.15. The van der Waals surface area contributed by atoms with Gasteiger partial charge in [-0.3, -0.25) is 4.79 Å². The number of halogens is 2. The molecule has 144 valence electrons. The van der Waals surface area contributed by atoms with Crippen molar-refractivity contribution >= 4 is 5.91 Å². The highest BCUT2D eigenvalue weighted by Crippen LogP contribution is 2.37. The summed E-state index contributed by atoms with van der Waals surface area (Å²) in [7, 11) is 1.41. The van der Waals surface area contributed by atoms with E-state index >= 15 is 0 Å². The van der Waals surface area contributed by atoms with E-state index in [9.17, 15) is 13.6 Å². The third-order valence-electron chi connectivity index (χ3n) is 5.35. The second-order valence-electron chi connectivity index (χ2n) is 7.09. The van der Waals surface area contributed by atoms with Gasteiger partial charge < -0.3 is 20.1 Å². The van der Waals surface area contributed by atoms with E-state index in [4.69, 9.17) is 10.5 Å². The Morgan fingerprint density at radius 2 is 2.04 bits per heavy atom.